The lowest BCUT2D eigenvalue weighted by atomic mass is 9.84. The van der Waals surface area contributed by atoms with Gasteiger partial charge in [0.15, 0.2) is 0 Å². The van der Waals surface area contributed by atoms with Gasteiger partial charge < -0.3 is 4.90 Å². The third-order valence-electron chi connectivity index (χ3n) is 3.10. The molecule has 0 aromatic heterocycles. The van der Waals surface area contributed by atoms with Crippen LogP contribution in [0.5, 0.6) is 0 Å². The first-order chi connectivity index (χ1) is 6.85. The number of rotatable bonds is 7. The lowest BCUT2D eigenvalue weighted by Gasteiger charge is -2.22. The Balaban J connectivity index is 3.64. The van der Waals surface area contributed by atoms with Gasteiger partial charge in [-0.3, -0.25) is 0 Å². The zero-order valence-electron chi connectivity index (χ0n) is 11.8. The van der Waals surface area contributed by atoms with Gasteiger partial charge in [-0.1, -0.05) is 34.1 Å². The number of hydrogen-bond acceptors (Lipinski definition) is 1. The minimum absolute atomic E-state index is 0.509. The van der Waals surface area contributed by atoms with Crippen molar-refractivity contribution in [2.75, 3.05) is 20.6 Å². The molecule has 1 heteroatoms. The van der Waals surface area contributed by atoms with E-state index < -0.39 is 0 Å². The predicted molar refractivity (Wildman–Crippen MR) is 70.3 cm³/mol. The van der Waals surface area contributed by atoms with Gasteiger partial charge in [0.25, 0.3) is 0 Å². The van der Waals surface area contributed by atoms with Gasteiger partial charge in [0, 0.05) is 0 Å². The molecule has 0 bridgehead atoms. The molecule has 0 saturated carbocycles. The molecule has 0 aliphatic carbocycles. The van der Waals surface area contributed by atoms with Crippen LogP contribution in [0.15, 0.2) is 0 Å². The van der Waals surface area contributed by atoms with Crippen molar-refractivity contribution in [2.45, 2.75) is 59.8 Å². The molecule has 92 valence electrons. The Labute approximate surface area is 97.2 Å². The van der Waals surface area contributed by atoms with E-state index in [9.17, 15) is 0 Å². The highest BCUT2D eigenvalue weighted by atomic mass is 15.0. The van der Waals surface area contributed by atoms with E-state index in [2.05, 4.69) is 46.7 Å². The van der Waals surface area contributed by atoms with Crippen molar-refractivity contribution in [3.05, 3.63) is 0 Å². The molecular weight excluding hydrogens is 182 g/mol. The van der Waals surface area contributed by atoms with Crippen LogP contribution in [0.4, 0.5) is 0 Å². The fraction of sp³-hybridized carbons (Fsp3) is 1.00. The first-order valence-electron chi connectivity index (χ1n) is 6.50. The highest BCUT2D eigenvalue weighted by Crippen LogP contribution is 2.27. The molecule has 0 saturated heterocycles. The van der Waals surface area contributed by atoms with E-state index in [-0.39, 0.29) is 0 Å². The molecule has 1 nitrogen and oxygen atoms in total. The van der Waals surface area contributed by atoms with Crippen LogP contribution in [0.25, 0.3) is 0 Å². The van der Waals surface area contributed by atoms with Crippen molar-refractivity contribution in [1.82, 2.24) is 4.90 Å². The molecule has 0 N–H and O–H groups in total. The zero-order valence-corrected chi connectivity index (χ0v) is 11.8. The summed E-state index contributed by atoms with van der Waals surface area (Å²) in [6.07, 6.45) is 6.89. The van der Waals surface area contributed by atoms with Crippen molar-refractivity contribution >= 4 is 0 Å². The Morgan fingerprint density at radius 1 is 1.07 bits per heavy atom. The zero-order chi connectivity index (χ0) is 11.9. The van der Waals surface area contributed by atoms with Crippen LogP contribution in [0.2, 0.25) is 0 Å². The van der Waals surface area contributed by atoms with Crippen LogP contribution < -0.4 is 0 Å². The fourth-order valence-electron chi connectivity index (χ4n) is 1.89. The van der Waals surface area contributed by atoms with Crippen molar-refractivity contribution in [2.24, 2.45) is 11.3 Å². The van der Waals surface area contributed by atoms with Gasteiger partial charge in [-0.05, 0) is 57.7 Å². The molecule has 0 heterocycles. The summed E-state index contributed by atoms with van der Waals surface area (Å²) in [5.74, 6) is 0.948. The largest absolute Gasteiger partial charge is 0.309 e. The maximum atomic E-state index is 2.35. The second-order valence-corrected chi connectivity index (χ2v) is 6.32. The second kappa shape index (κ2) is 7.27. The average molecular weight is 213 g/mol. The Kier molecular flexibility index (Phi) is 7.25. The smallest absolute Gasteiger partial charge is 0.00247 e. The maximum Gasteiger partial charge on any atom is -0.00247 e. The SMILES string of the molecule is CC[C@@H](CCCN(C)C)CCC(C)(C)C. The van der Waals surface area contributed by atoms with Gasteiger partial charge in [-0.2, -0.15) is 0 Å². The Morgan fingerprint density at radius 3 is 2.07 bits per heavy atom. The molecule has 0 fully saturated rings. The molecule has 0 aromatic carbocycles. The Hall–Kier alpha value is -0.0400. The normalized spacial score (nSPS) is 14.6. The Bertz CT molecular complexity index is 144. The van der Waals surface area contributed by atoms with Crippen LogP contribution in [-0.2, 0) is 0 Å². The van der Waals surface area contributed by atoms with Gasteiger partial charge in [-0.25, -0.2) is 0 Å². The molecule has 0 aromatic rings. The van der Waals surface area contributed by atoms with Gasteiger partial charge in [0.1, 0.15) is 0 Å². The lowest BCUT2D eigenvalue weighted by molar-refractivity contribution is 0.294. The summed E-state index contributed by atoms with van der Waals surface area (Å²) >= 11 is 0. The molecule has 0 amide bonds. The quantitative estimate of drug-likeness (QED) is 0.613. The van der Waals surface area contributed by atoms with Crippen LogP contribution >= 0.6 is 0 Å². The van der Waals surface area contributed by atoms with E-state index >= 15 is 0 Å². The standard InChI is InChI=1S/C14H31N/c1-7-13(9-8-12-15(5)6)10-11-14(2,3)4/h13H,7-12H2,1-6H3/t13-/m0/s1. The van der Waals surface area contributed by atoms with Crippen molar-refractivity contribution in [3.8, 4) is 0 Å². The molecule has 0 aliphatic rings. The van der Waals surface area contributed by atoms with Crippen LogP contribution in [0.3, 0.4) is 0 Å². The van der Waals surface area contributed by atoms with Crippen molar-refractivity contribution in [1.29, 1.82) is 0 Å². The van der Waals surface area contributed by atoms with Gasteiger partial charge in [0.2, 0.25) is 0 Å². The summed E-state index contributed by atoms with van der Waals surface area (Å²) in [6.45, 7) is 10.6. The molecular formula is C14H31N. The molecule has 1 atom stereocenters. The van der Waals surface area contributed by atoms with Crippen LogP contribution in [-0.4, -0.2) is 25.5 Å². The molecule has 0 radical (unpaired) electrons. The first kappa shape index (κ1) is 15.0. The summed E-state index contributed by atoms with van der Waals surface area (Å²) < 4.78 is 0. The highest BCUT2D eigenvalue weighted by Gasteiger charge is 2.13. The summed E-state index contributed by atoms with van der Waals surface area (Å²) in [7, 11) is 4.33. The predicted octanol–water partition coefficient (Wildman–Crippen LogP) is 4.18. The topological polar surface area (TPSA) is 3.24 Å². The third kappa shape index (κ3) is 10.2. The van der Waals surface area contributed by atoms with E-state index in [4.69, 9.17) is 0 Å². The van der Waals surface area contributed by atoms with Gasteiger partial charge in [-0.15, -0.1) is 0 Å². The fourth-order valence-corrected chi connectivity index (χ4v) is 1.89. The first-order valence-corrected chi connectivity index (χ1v) is 6.50. The molecule has 15 heavy (non-hydrogen) atoms. The third-order valence-corrected chi connectivity index (χ3v) is 3.10. The van der Waals surface area contributed by atoms with Gasteiger partial charge >= 0.3 is 0 Å². The van der Waals surface area contributed by atoms with E-state index in [1.54, 1.807) is 0 Å². The molecule has 0 unspecified atom stereocenters. The minimum atomic E-state index is 0.509. The summed E-state index contributed by atoms with van der Waals surface area (Å²) in [5, 5.41) is 0. The van der Waals surface area contributed by atoms with E-state index in [1.807, 2.05) is 0 Å². The minimum Gasteiger partial charge on any atom is -0.309 e. The van der Waals surface area contributed by atoms with Crippen molar-refractivity contribution in [3.63, 3.8) is 0 Å². The molecule has 0 rings (SSSR count). The summed E-state index contributed by atoms with van der Waals surface area (Å²) in [4.78, 5) is 2.29. The van der Waals surface area contributed by atoms with Crippen LogP contribution in [0.1, 0.15) is 59.8 Å². The molecule has 0 aliphatic heterocycles. The Morgan fingerprint density at radius 2 is 1.67 bits per heavy atom. The van der Waals surface area contributed by atoms with E-state index in [0.29, 0.717) is 5.41 Å². The maximum absolute atomic E-state index is 2.35. The highest BCUT2D eigenvalue weighted by molar-refractivity contribution is 4.66. The number of nitrogens with zero attached hydrogens (tertiary/aromatic N) is 1. The van der Waals surface area contributed by atoms with Crippen molar-refractivity contribution < 1.29 is 0 Å². The second-order valence-electron chi connectivity index (χ2n) is 6.32. The lowest BCUT2D eigenvalue weighted by Crippen LogP contribution is -2.15. The van der Waals surface area contributed by atoms with Crippen LogP contribution in [0, 0.1) is 11.3 Å². The average Bonchev–Trinajstić information content (AvgIpc) is 2.08. The monoisotopic (exact) mass is 213 g/mol. The molecule has 0 spiro atoms. The van der Waals surface area contributed by atoms with Gasteiger partial charge in [0.05, 0.1) is 0 Å². The summed E-state index contributed by atoms with van der Waals surface area (Å²) in [5.41, 5.74) is 0.509. The van der Waals surface area contributed by atoms with E-state index in [1.165, 1.54) is 38.6 Å². The number of hydrogen-bond donors (Lipinski definition) is 0. The van der Waals surface area contributed by atoms with E-state index in [0.717, 1.165) is 5.92 Å². The summed E-state index contributed by atoms with van der Waals surface area (Å²) in [6, 6.07) is 0.